The van der Waals surface area contributed by atoms with Crippen LogP contribution in [0.25, 0.3) is 0 Å². The molecule has 0 spiro atoms. The molecule has 6 heteroatoms. The van der Waals surface area contributed by atoms with Crippen LogP contribution in [-0.2, 0) is 9.53 Å². The van der Waals surface area contributed by atoms with Crippen molar-refractivity contribution in [3.05, 3.63) is 28.8 Å². The predicted molar refractivity (Wildman–Crippen MR) is 67.2 cm³/mol. The molecule has 1 aromatic carbocycles. The van der Waals surface area contributed by atoms with Gasteiger partial charge in [-0.3, -0.25) is 4.79 Å². The highest BCUT2D eigenvalue weighted by molar-refractivity contribution is 6.31. The number of halogens is 1. The molecule has 1 aliphatic rings. The Morgan fingerprint density at radius 2 is 2.39 bits per heavy atom. The molecule has 1 heterocycles. The first-order chi connectivity index (χ1) is 8.55. The molecule has 1 unspecified atom stereocenters. The molecular formula is C12H12ClN3O2. The Morgan fingerprint density at radius 1 is 1.61 bits per heavy atom. The zero-order valence-electron chi connectivity index (χ0n) is 9.57. The summed E-state index contributed by atoms with van der Waals surface area (Å²) in [5, 5.41) is 11.9. The van der Waals surface area contributed by atoms with E-state index >= 15 is 0 Å². The van der Waals surface area contributed by atoms with E-state index in [0.29, 0.717) is 29.3 Å². The number of carbonyl (C=O) groups excluding carboxylic acids is 1. The van der Waals surface area contributed by atoms with Gasteiger partial charge in [0, 0.05) is 12.3 Å². The van der Waals surface area contributed by atoms with Crippen molar-refractivity contribution in [3.8, 4) is 6.07 Å². The third kappa shape index (κ3) is 2.46. The molecule has 1 aliphatic heterocycles. The molecule has 1 fully saturated rings. The molecule has 2 rings (SSSR count). The van der Waals surface area contributed by atoms with Gasteiger partial charge in [-0.2, -0.15) is 5.26 Å². The molecule has 0 bridgehead atoms. The van der Waals surface area contributed by atoms with E-state index in [0.717, 1.165) is 0 Å². The van der Waals surface area contributed by atoms with E-state index in [2.05, 4.69) is 5.32 Å². The fourth-order valence-corrected chi connectivity index (χ4v) is 1.86. The van der Waals surface area contributed by atoms with Crippen LogP contribution in [-0.4, -0.2) is 24.7 Å². The van der Waals surface area contributed by atoms with Crippen LogP contribution in [0.15, 0.2) is 18.2 Å². The number of nitriles is 1. The number of anilines is 1. The highest BCUT2D eigenvalue weighted by atomic mass is 35.5. The second-order valence-corrected chi connectivity index (χ2v) is 4.63. The van der Waals surface area contributed by atoms with Crippen molar-refractivity contribution in [1.82, 2.24) is 0 Å². The van der Waals surface area contributed by atoms with Gasteiger partial charge < -0.3 is 15.8 Å². The largest absolute Gasteiger partial charge is 0.379 e. The lowest BCUT2D eigenvalue weighted by molar-refractivity contribution is -0.121. The number of nitrogens with two attached hydrogens (primary N) is 1. The maximum absolute atomic E-state index is 12.0. The van der Waals surface area contributed by atoms with Crippen molar-refractivity contribution in [2.24, 2.45) is 5.73 Å². The minimum absolute atomic E-state index is 0.206. The summed E-state index contributed by atoms with van der Waals surface area (Å²) in [5.41, 5.74) is 5.74. The molecular weight excluding hydrogens is 254 g/mol. The van der Waals surface area contributed by atoms with Gasteiger partial charge in [0.1, 0.15) is 11.6 Å². The Labute approximate surface area is 109 Å². The van der Waals surface area contributed by atoms with E-state index in [9.17, 15) is 4.79 Å². The van der Waals surface area contributed by atoms with E-state index < -0.39 is 5.54 Å². The minimum Gasteiger partial charge on any atom is -0.379 e. The van der Waals surface area contributed by atoms with E-state index in [-0.39, 0.29) is 12.5 Å². The molecule has 1 atom stereocenters. The lowest BCUT2D eigenvalue weighted by Crippen LogP contribution is -2.51. The summed E-state index contributed by atoms with van der Waals surface area (Å²) < 4.78 is 5.12. The third-order valence-corrected chi connectivity index (χ3v) is 3.18. The van der Waals surface area contributed by atoms with Crippen LogP contribution in [0.3, 0.4) is 0 Å². The third-order valence-electron chi connectivity index (χ3n) is 2.85. The molecule has 18 heavy (non-hydrogen) atoms. The smallest absolute Gasteiger partial charge is 0.246 e. The molecule has 1 saturated heterocycles. The monoisotopic (exact) mass is 265 g/mol. The second-order valence-electron chi connectivity index (χ2n) is 4.22. The number of nitrogens with zero attached hydrogens (tertiary/aromatic N) is 1. The summed E-state index contributed by atoms with van der Waals surface area (Å²) in [5.74, 6) is -0.314. The fourth-order valence-electron chi connectivity index (χ4n) is 1.70. The van der Waals surface area contributed by atoms with Crippen molar-refractivity contribution >= 4 is 23.2 Å². The molecule has 5 nitrogen and oxygen atoms in total. The predicted octanol–water partition coefficient (Wildman–Crippen LogP) is 1.27. The molecule has 0 saturated carbocycles. The van der Waals surface area contributed by atoms with Crippen LogP contribution >= 0.6 is 11.6 Å². The highest BCUT2D eigenvalue weighted by Gasteiger charge is 2.38. The first-order valence-corrected chi connectivity index (χ1v) is 5.81. The number of hydrogen-bond donors (Lipinski definition) is 2. The Bertz CT molecular complexity index is 519. The molecule has 0 radical (unpaired) electrons. The van der Waals surface area contributed by atoms with Crippen molar-refractivity contribution < 1.29 is 9.53 Å². The first-order valence-electron chi connectivity index (χ1n) is 5.43. The Kier molecular flexibility index (Phi) is 3.53. The van der Waals surface area contributed by atoms with E-state index in [1.165, 1.54) is 6.07 Å². The topological polar surface area (TPSA) is 88.1 Å². The minimum atomic E-state index is -0.994. The summed E-state index contributed by atoms with van der Waals surface area (Å²) in [6.07, 6.45) is 0.484. The summed E-state index contributed by atoms with van der Waals surface area (Å²) >= 11 is 5.81. The van der Waals surface area contributed by atoms with Crippen LogP contribution in [0.4, 0.5) is 5.69 Å². The van der Waals surface area contributed by atoms with Crippen molar-refractivity contribution in [3.63, 3.8) is 0 Å². The Hall–Kier alpha value is -1.61. The maximum atomic E-state index is 12.0. The first kappa shape index (κ1) is 12.8. The lowest BCUT2D eigenvalue weighted by atomic mass is 9.99. The van der Waals surface area contributed by atoms with Gasteiger partial charge in [-0.05, 0) is 24.6 Å². The zero-order chi connectivity index (χ0) is 13.2. The van der Waals surface area contributed by atoms with Gasteiger partial charge in [-0.25, -0.2) is 0 Å². The Morgan fingerprint density at radius 3 is 3.00 bits per heavy atom. The van der Waals surface area contributed by atoms with Crippen LogP contribution < -0.4 is 11.1 Å². The van der Waals surface area contributed by atoms with Gasteiger partial charge in [0.25, 0.3) is 0 Å². The lowest BCUT2D eigenvalue weighted by Gasteiger charge is -2.20. The normalized spacial score (nSPS) is 22.5. The van der Waals surface area contributed by atoms with Gasteiger partial charge in [0.2, 0.25) is 5.91 Å². The van der Waals surface area contributed by atoms with Gasteiger partial charge in [0.05, 0.1) is 17.2 Å². The number of rotatable bonds is 2. The molecule has 1 aromatic rings. The number of amides is 1. The average Bonchev–Trinajstić information content (AvgIpc) is 2.80. The van der Waals surface area contributed by atoms with Gasteiger partial charge >= 0.3 is 0 Å². The van der Waals surface area contributed by atoms with Gasteiger partial charge in [-0.15, -0.1) is 0 Å². The number of hydrogen-bond acceptors (Lipinski definition) is 4. The molecule has 94 valence electrons. The summed E-state index contributed by atoms with van der Waals surface area (Å²) in [6, 6.07) is 6.65. The molecule has 0 aliphatic carbocycles. The number of benzene rings is 1. The molecule has 3 N–H and O–H groups in total. The van der Waals surface area contributed by atoms with Gasteiger partial charge in [0.15, 0.2) is 0 Å². The van der Waals surface area contributed by atoms with E-state index in [1.54, 1.807) is 12.1 Å². The van der Waals surface area contributed by atoms with Crippen molar-refractivity contribution in [2.45, 2.75) is 12.0 Å². The molecule has 0 aromatic heterocycles. The number of carbonyl (C=O) groups is 1. The summed E-state index contributed by atoms with van der Waals surface area (Å²) in [7, 11) is 0. The average molecular weight is 266 g/mol. The fraction of sp³-hybridized carbons (Fsp3) is 0.333. The maximum Gasteiger partial charge on any atom is 0.246 e. The zero-order valence-corrected chi connectivity index (χ0v) is 10.3. The number of nitrogens with one attached hydrogen (secondary N) is 1. The number of ether oxygens (including phenoxy) is 1. The van der Waals surface area contributed by atoms with Crippen LogP contribution in [0.5, 0.6) is 0 Å². The second kappa shape index (κ2) is 4.94. The van der Waals surface area contributed by atoms with Crippen LogP contribution in [0.1, 0.15) is 12.0 Å². The van der Waals surface area contributed by atoms with E-state index in [4.69, 9.17) is 27.3 Å². The molecule has 1 amide bonds. The highest BCUT2D eigenvalue weighted by Crippen LogP contribution is 2.22. The quantitative estimate of drug-likeness (QED) is 0.843. The standard InChI is InChI=1S/C12H12ClN3O2/c13-10-2-1-9(5-8(10)6-14)16-11(17)12(15)3-4-18-7-12/h1-2,5H,3-4,7,15H2,(H,16,17). The Balaban J connectivity index is 2.15. The van der Waals surface area contributed by atoms with Crippen LogP contribution in [0, 0.1) is 11.3 Å². The van der Waals surface area contributed by atoms with E-state index in [1.807, 2.05) is 6.07 Å². The SMILES string of the molecule is N#Cc1cc(NC(=O)C2(N)CCOC2)ccc1Cl. The summed E-state index contributed by atoms with van der Waals surface area (Å²) in [6.45, 7) is 0.686. The summed E-state index contributed by atoms with van der Waals surface area (Å²) in [4.78, 5) is 12.0. The van der Waals surface area contributed by atoms with Crippen molar-refractivity contribution in [1.29, 1.82) is 5.26 Å². The van der Waals surface area contributed by atoms with Crippen LogP contribution in [0.2, 0.25) is 5.02 Å². The van der Waals surface area contributed by atoms with Crippen molar-refractivity contribution in [2.75, 3.05) is 18.5 Å². The van der Waals surface area contributed by atoms with Gasteiger partial charge in [-0.1, -0.05) is 11.6 Å².